The van der Waals surface area contributed by atoms with E-state index in [0.717, 1.165) is 64.1 Å². The van der Waals surface area contributed by atoms with Crippen LogP contribution in [-0.2, 0) is 14.8 Å². The fraction of sp³-hybridized carbons (Fsp3) is 0.480. The Labute approximate surface area is 206 Å². The standard InChI is InChI=1S/C25H31N5O4S/c1-27(19-7-3-2-4-8-19)35(33,34)20-10-11-22-21(17-20)24(31)25(32)30(22)18-28-13-15-29(16-14-28)23-9-5-6-12-26-23/h5-6,9-12,17,19H,2-4,7-8,13-16,18H2,1H3. The molecule has 0 spiro atoms. The quantitative estimate of drug-likeness (QED) is 0.566. The molecule has 0 radical (unpaired) electrons. The minimum absolute atomic E-state index is 0.0272. The molecule has 1 aliphatic carbocycles. The fourth-order valence-corrected chi connectivity index (χ4v) is 6.69. The Bertz CT molecular complexity index is 1210. The molecule has 3 aliphatic rings. The maximum atomic E-state index is 13.3. The topological polar surface area (TPSA) is 94.1 Å². The van der Waals surface area contributed by atoms with E-state index in [2.05, 4.69) is 14.8 Å². The number of hydrogen-bond donors (Lipinski definition) is 0. The summed E-state index contributed by atoms with van der Waals surface area (Å²) >= 11 is 0. The Morgan fingerprint density at radius 3 is 2.43 bits per heavy atom. The normalized spacial score (nSPS) is 20.1. The summed E-state index contributed by atoms with van der Waals surface area (Å²) in [4.78, 5) is 35.9. The van der Waals surface area contributed by atoms with E-state index in [1.54, 1.807) is 19.3 Å². The second-order valence-electron chi connectivity index (χ2n) is 9.49. The zero-order valence-corrected chi connectivity index (χ0v) is 20.8. The molecule has 5 rings (SSSR count). The average molecular weight is 498 g/mol. The van der Waals surface area contributed by atoms with Crippen molar-refractivity contribution in [2.75, 3.05) is 49.7 Å². The van der Waals surface area contributed by atoms with Crippen LogP contribution >= 0.6 is 0 Å². The van der Waals surface area contributed by atoms with Crippen LogP contribution in [0.3, 0.4) is 0 Å². The number of aromatic nitrogens is 1. The van der Waals surface area contributed by atoms with Gasteiger partial charge in [-0.05, 0) is 43.2 Å². The molecule has 10 heteroatoms. The van der Waals surface area contributed by atoms with Crippen LogP contribution < -0.4 is 9.80 Å². The first kappa shape index (κ1) is 23.9. The summed E-state index contributed by atoms with van der Waals surface area (Å²) in [5, 5.41) is 0. The number of carbonyl (C=O) groups is 2. The number of sulfonamides is 1. The molecule has 1 saturated carbocycles. The number of benzene rings is 1. The van der Waals surface area contributed by atoms with Gasteiger partial charge in [0.25, 0.3) is 5.78 Å². The molecule has 0 unspecified atom stereocenters. The lowest BCUT2D eigenvalue weighted by Crippen LogP contribution is -2.51. The minimum Gasteiger partial charge on any atom is -0.354 e. The highest BCUT2D eigenvalue weighted by Crippen LogP contribution is 2.33. The van der Waals surface area contributed by atoms with Gasteiger partial charge in [-0.15, -0.1) is 0 Å². The van der Waals surface area contributed by atoms with E-state index < -0.39 is 21.7 Å². The molecule has 1 amide bonds. The Hall–Kier alpha value is -2.82. The predicted octanol–water partition coefficient (Wildman–Crippen LogP) is 2.34. The first-order valence-corrected chi connectivity index (χ1v) is 13.7. The first-order chi connectivity index (χ1) is 16.9. The van der Waals surface area contributed by atoms with E-state index >= 15 is 0 Å². The summed E-state index contributed by atoms with van der Waals surface area (Å²) < 4.78 is 28.0. The van der Waals surface area contributed by atoms with Crippen LogP contribution in [0, 0.1) is 0 Å². The largest absolute Gasteiger partial charge is 0.354 e. The number of piperazine rings is 1. The van der Waals surface area contributed by atoms with Gasteiger partial charge in [0.15, 0.2) is 0 Å². The molecule has 0 atom stereocenters. The van der Waals surface area contributed by atoms with Crippen molar-refractivity contribution in [3.05, 3.63) is 48.2 Å². The van der Waals surface area contributed by atoms with Crippen LogP contribution in [0.25, 0.3) is 0 Å². The Morgan fingerprint density at radius 1 is 1.00 bits per heavy atom. The van der Waals surface area contributed by atoms with E-state index in [1.165, 1.54) is 21.3 Å². The number of ketones is 1. The second-order valence-corrected chi connectivity index (χ2v) is 11.5. The fourth-order valence-electron chi connectivity index (χ4n) is 5.25. The zero-order valence-electron chi connectivity index (χ0n) is 20.0. The lowest BCUT2D eigenvalue weighted by atomic mass is 9.96. The van der Waals surface area contributed by atoms with Gasteiger partial charge in [-0.1, -0.05) is 25.3 Å². The number of anilines is 2. The highest BCUT2D eigenvalue weighted by molar-refractivity contribution is 7.89. The molecule has 35 heavy (non-hydrogen) atoms. The number of rotatable bonds is 6. The van der Waals surface area contributed by atoms with Crippen molar-refractivity contribution in [2.45, 2.75) is 43.0 Å². The monoisotopic (exact) mass is 497 g/mol. The molecule has 1 saturated heterocycles. The van der Waals surface area contributed by atoms with Crippen molar-refractivity contribution in [1.29, 1.82) is 0 Å². The van der Waals surface area contributed by atoms with Gasteiger partial charge in [-0.25, -0.2) is 13.4 Å². The number of nitrogens with zero attached hydrogens (tertiary/aromatic N) is 5. The number of amides is 1. The Balaban J connectivity index is 1.30. The van der Waals surface area contributed by atoms with Crippen molar-refractivity contribution in [2.24, 2.45) is 0 Å². The maximum Gasteiger partial charge on any atom is 0.300 e. The summed E-state index contributed by atoms with van der Waals surface area (Å²) in [6, 6.07) is 10.3. The van der Waals surface area contributed by atoms with Crippen molar-refractivity contribution in [1.82, 2.24) is 14.2 Å². The van der Waals surface area contributed by atoms with Gasteiger partial charge in [0, 0.05) is 45.5 Å². The van der Waals surface area contributed by atoms with Crippen LogP contribution in [0.15, 0.2) is 47.5 Å². The highest BCUT2D eigenvalue weighted by atomic mass is 32.2. The Kier molecular flexibility index (Phi) is 6.61. The summed E-state index contributed by atoms with van der Waals surface area (Å²) in [6.07, 6.45) is 6.64. The van der Waals surface area contributed by atoms with Crippen molar-refractivity contribution in [3.63, 3.8) is 0 Å². The highest BCUT2D eigenvalue weighted by Gasteiger charge is 2.39. The molecule has 9 nitrogen and oxygen atoms in total. The van der Waals surface area contributed by atoms with Gasteiger partial charge < -0.3 is 4.90 Å². The molecule has 2 fully saturated rings. The number of carbonyl (C=O) groups excluding carboxylic acids is 2. The molecule has 1 aromatic heterocycles. The molecule has 0 N–H and O–H groups in total. The van der Waals surface area contributed by atoms with E-state index in [4.69, 9.17) is 0 Å². The summed E-state index contributed by atoms with van der Waals surface area (Å²) in [6.45, 7) is 3.28. The van der Waals surface area contributed by atoms with E-state index in [-0.39, 0.29) is 16.5 Å². The molecule has 3 heterocycles. The summed E-state index contributed by atoms with van der Waals surface area (Å²) in [5.41, 5.74) is 0.645. The molecule has 2 aromatic rings. The predicted molar refractivity (Wildman–Crippen MR) is 133 cm³/mol. The van der Waals surface area contributed by atoms with E-state index in [0.29, 0.717) is 12.4 Å². The minimum atomic E-state index is -3.75. The third-order valence-electron chi connectivity index (χ3n) is 7.40. The lowest BCUT2D eigenvalue weighted by Gasteiger charge is -2.37. The third-order valence-corrected chi connectivity index (χ3v) is 9.30. The summed E-state index contributed by atoms with van der Waals surface area (Å²) in [5.74, 6) is -0.330. The van der Waals surface area contributed by atoms with Crippen molar-refractivity contribution < 1.29 is 18.0 Å². The molecule has 0 bridgehead atoms. The van der Waals surface area contributed by atoms with Crippen LogP contribution in [0.5, 0.6) is 0 Å². The third kappa shape index (κ3) is 4.57. The van der Waals surface area contributed by atoms with Gasteiger partial charge in [-0.3, -0.25) is 19.4 Å². The van der Waals surface area contributed by atoms with Gasteiger partial charge in [0.05, 0.1) is 22.8 Å². The van der Waals surface area contributed by atoms with Crippen LogP contribution in [0.2, 0.25) is 0 Å². The number of Topliss-reactive ketones (excluding diaryl/α,β-unsaturated/α-hetero) is 1. The maximum absolute atomic E-state index is 13.3. The van der Waals surface area contributed by atoms with Crippen molar-refractivity contribution in [3.8, 4) is 0 Å². The SMILES string of the molecule is CN(C1CCCCC1)S(=O)(=O)c1ccc2c(c1)C(=O)C(=O)N2CN1CCN(c2ccccn2)CC1. The Morgan fingerprint density at radius 2 is 1.74 bits per heavy atom. The van der Waals surface area contributed by atoms with Gasteiger partial charge in [-0.2, -0.15) is 4.31 Å². The molecular formula is C25H31N5O4S. The molecule has 2 aliphatic heterocycles. The average Bonchev–Trinajstić information content (AvgIpc) is 3.14. The zero-order chi connectivity index (χ0) is 24.6. The molecular weight excluding hydrogens is 466 g/mol. The summed E-state index contributed by atoms with van der Waals surface area (Å²) in [7, 11) is -2.14. The number of fused-ring (bicyclic) bond motifs is 1. The second kappa shape index (κ2) is 9.67. The lowest BCUT2D eigenvalue weighted by molar-refractivity contribution is -0.114. The molecule has 186 valence electrons. The van der Waals surface area contributed by atoms with E-state index in [1.807, 2.05) is 18.2 Å². The van der Waals surface area contributed by atoms with Crippen LogP contribution in [0.4, 0.5) is 11.5 Å². The number of hydrogen-bond acceptors (Lipinski definition) is 7. The first-order valence-electron chi connectivity index (χ1n) is 12.2. The van der Waals surface area contributed by atoms with Gasteiger partial charge in [0.1, 0.15) is 5.82 Å². The van der Waals surface area contributed by atoms with E-state index in [9.17, 15) is 18.0 Å². The molecule has 1 aromatic carbocycles. The van der Waals surface area contributed by atoms with Gasteiger partial charge in [0.2, 0.25) is 10.0 Å². The van der Waals surface area contributed by atoms with Gasteiger partial charge >= 0.3 is 5.91 Å². The smallest absolute Gasteiger partial charge is 0.300 e. The van der Waals surface area contributed by atoms with Crippen LogP contribution in [0.1, 0.15) is 42.5 Å². The number of pyridine rings is 1. The van der Waals surface area contributed by atoms with Crippen molar-refractivity contribution >= 4 is 33.2 Å². The van der Waals surface area contributed by atoms with Crippen LogP contribution in [-0.4, -0.2) is 80.2 Å².